The van der Waals surface area contributed by atoms with Crippen LogP contribution in [0.25, 0.3) is 11.1 Å². The van der Waals surface area contributed by atoms with Crippen LogP contribution in [0.3, 0.4) is 0 Å². The Balaban J connectivity index is 1.28. The van der Waals surface area contributed by atoms with Crippen molar-refractivity contribution in [3.8, 4) is 11.1 Å². The van der Waals surface area contributed by atoms with Crippen LogP contribution < -0.4 is 5.32 Å². The third kappa shape index (κ3) is 2.86. The zero-order valence-electron chi connectivity index (χ0n) is 16.4. The topological polar surface area (TPSA) is 66.5 Å². The number of fused-ring (bicyclic) bond motifs is 5. The minimum Gasteiger partial charge on any atom is -0.324 e. The van der Waals surface area contributed by atoms with Crippen LogP contribution in [0.15, 0.2) is 60.7 Å². The van der Waals surface area contributed by atoms with Gasteiger partial charge in [-0.15, -0.1) is 0 Å². The van der Waals surface area contributed by atoms with E-state index in [2.05, 4.69) is 5.32 Å². The molecule has 3 amide bonds. The molecule has 1 saturated carbocycles. The van der Waals surface area contributed by atoms with Gasteiger partial charge in [0.1, 0.15) is 11.9 Å². The molecule has 1 N–H and O–H groups in total. The average Bonchev–Trinajstić information content (AvgIpc) is 3.42. The number of amides is 3. The molecule has 0 aromatic heterocycles. The van der Waals surface area contributed by atoms with Gasteiger partial charge in [0.15, 0.2) is 0 Å². The largest absolute Gasteiger partial charge is 0.324 e. The minimum absolute atomic E-state index is 0.121. The number of halogens is 1. The molecule has 0 radical (unpaired) electrons. The molecule has 0 spiro atoms. The van der Waals surface area contributed by atoms with E-state index in [1.54, 1.807) is 31.2 Å². The van der Waals surface area contributed by atoms with Gasteiger partial charge in [-0.05, 0) is 60.6 Å². The zero-order chi connectivity index (χ0) is 21.0. The number of nitrogens with one attached hydrogen (secondary N) is 1. The summed E-state index contributed by atoms with van der Waals surface area (Å²) in [5, 5.41) is 2.79. The van der Waals surface area contributed by atoms with Crippen molar-refractivity contribution in [3.05, 3.63) is 66.5 Å². The highest BCUT2D eigenvalue weighted by Gasteiger charge is 2.60. The molecule has 1 aliphatic heterocycles. The Morgan fingerprint density at radius 3 is 1.97 bits per heavy atom. The van der Waals surface area contributed by atoms with E-state index in [1.807, 2.05) is 24.3 Å². The number of nitrogens with zero attached hydrogens (tertiary/aromatic N) is 1. The number of carbonyl (C=O) groups is 3. The number of likely N-dealkylation sites (tertiary alicyclic amines) is 1. The molecule has 152 valence electrons. The first-order chi connectivity index (χ1) is 14.4. The molecule has 1 saturated heterocycles. The lowest BCUT2D eigenvalue weighted by Crippen LogP contribution is -2.46. The first-order valence-electron chi connectivity index (χ1n) is 10.2. The van der Waals surface area contributed by atoms with Gasteiger partial charge >= 0.3 is 0 Å². The predicted molar refractivity (Wildman–Crippen MR) is 109 cm³/mol. The highest BCUT2D eigenvalue weighted by Crippen LogP contribution is 2.52. The summed E-state index contributed by atoms with van der Waals surface area (Å²) in [6, 6.07) is 12.4. The summed E-state index contributed by atoms with van der Waals surface area (Å²) in [4.78, 5) is 39.7. The van der Waals surface area contributed by atoms with Gasteiger partial charge in [0.25, 0.3) is 0 Å². The SMILES string of the molecule is C[C@@H](C(=O)Nc1ccc(-c2ccc(F)cc2)cc1)N1C(=O)[C@@H]2[C@H](C1=O)[C@H]1C=C[C@H]2C1. The Morgan fingerprint density at radius 2 is 1.43 bits per heavy atom. The van der Waals surface area contributed by atoms with Crippen LogP contribution in [0.2, 0.25) is 0 Å². The van der Waals surface area contributed by atoms with E-state index < -0.39 is 11.9 Å². The molecule has 2 bridgehead atoms. The highest BCUT2D eigenvalue weighted by molar-refractivity contribution is 6.10. The Labute approximate surface area is 173 Å². The van der Waals surface area contributed by atoms with Gasteiger partial charge in [-0.1, -0.05) is 36.4 Å². The van der Waals surface area contributed by atoms with Crippen LogP contribution in [0.5, 0.6) is 0 Å². The number of anilines is 1. The average molecular weight is 404 g/mol. The van der Waals surface area contributed by atoms with Crippen molar-refractivity contribution in [3.63, 3.8) is 0 Å². The van der Waals surface area contributed by atoms with Crippen molar-refractivity contribution in [2.45, 2.75) is 19.4 Å². The maximum atomic E-state index is 13.1. The molecule has 5 rings (SSSR count). The summed E-state index contributed by atoms with van der Waals surface area (Å²) in [7, 11) is 0. The molecular formula is C24H21FN2O3. The van der Waals surface area contributed by atoms with Crippen molar-refractivity contribution in [2.75, 3.05) is 5.32 Å². The van der Waals surface area contributed by atoms with E-state index in [0.29, 0.717) is 5.69 Å². The van der Waals surface area contributed by atoms with Crippen LogP contribution >= 0.6 is 0 Å². The van der Waals surface area contributed by atoms with Gasteiger partial charge in [-0.2, -0.15) is 0 Å². The number of allylic oxidation sites excluding steroid dienone is 2. The van der Waals surface area contributed by atoms with Crippen LogP contribution in [0, 0.1) is 29.5 Å². The minimum atomic E-state index is -0.869. The zero-order valence-corrected chi connectivity index (χ0v) is 16.4. The maximum Gasteiger partial charge on any atom is 0.247 e. The second-order valence-corrected chi connectivity index (χ2v) is 8.30. The molecule has 2 aromatic rings. The summed E-state index contributed by atoms with van der Waals surface area (Å²) >= 11 is 0. The number of hydrogen-bond acceptors (Lipinski definition) is 3. The Bertz CT molecular complexity index is 1030. The quantitative estimate of drug-likeness (QED) is 0.625. The molecule has 30 heavy (non-hydrogen) atoms. The fourth-order valence-electron chi connectivity index (χ4n) is 5.06. The molecule has 6 heteroatoms. The smallest absolute Gasteiger partial charge is 0.247 e. The Morgan fingerprint density at radius 1 is 0.933 bits per heavy atom. The monoisotopic (exact) mass is 404 g/mol. The van der Waals surface area contributed by atoms with Gasteiger partial charge in [0, 0.05) is 5.69 Å². The number of imide groups is 1. The van der Waals surface area contributed by atoms with E-state index >= 15 is 0 Å². The molecule has 2 aliphatic carbocycles. The van der Waals surface area contributed by atoms with Crippen molar-refractivity contribution < 1.29 is 18.8 Å². The van der Waals surface area contributed by atoms with E-state index in [9.17, 15) is 18.8 Å². The lowest BCUT2D eigenvalue weighted by Gasteiger charge is -2.23. The first-order valence-corrected chi connectivity index (χ1v) is 10.2. The van der Waals surface area contributed by atoms with Gasteiger partial charge in [0.05, 0.1) is 11.8 Å². The van der Waals surface area contributed by atoms with E-state index in [4.69, 9.17) is 0 Å². The van der Waals surface area contributed by atoms with Crippen molar-refractivity contribution >= 4 is 23.4 Å². The fraction of sp³-hybridized carbons (Fsp3) is 0.292. The van der Waals surface area contributed by atoms with Crippen LogP contribution in [0.1, 0.15) is 13.3 Å². The van der Waals surface area contributed by atoms with Gasteiger partial charge in [0.2, 0.25) is 17.7 Å². The number of carbonyl (C=O) groups excluding carboxylic acids is 3. The molecule has 0 unspecified atom stereocenters. The maximum absolute atomic E-state index is 13.1. The second-order valence-electron chi connectivity index (χ2n) is 8.30. The molecule has 1 heterocycles. The standard InChI is InChI=1S/C24H21FN2O3/c1-13(27-23(29)20-16-2-3-17(12-16)21(20)24(27)30)22(28)26-19-10-6-15(7-11-19)14-4-8-18(25)9-5-14/h2-11,13,16-17,20-21H,12H2,1H3,(H,26,28)/t13-,16-,17-,20-,21+/m0/s1. The molecule has 5 atom stereocenters. The molecule has 2 aromatic carbocycles. The summed E-state index contributed by atoms with van der Waals surface area (Å²) < 4.78 is 13.1. The van der Waals surface area contributed by atoms with Crippen molar-refractivity contribution in [1.82, 2.24) is 4.90 Å². The number of rotatable bonds is 4. The number of hydrogen-bond donors (Lipinski definition) is 1. The third-order valence-electron chi connectivity index (χ3n) is 6.60. The van der Waals surface area contributed by atoms with Crippen LogP contribution in [-0.4, -0.2) is 28.7 Å². The summed E-state index contributed by atoms with van der Waals surface area (Å²) in [5.74, 6) is -1.52. The predicted octanol–water partition coefficient (Wildman–Crippen LogP) is 3.63. The van der Waals surface area contributed by atoms with Crippen molar-refractivity contribution in [1.29, 1.82) is 0 Å². The van der Waals surface area contributed by atoms with E-state index in [-0.39, 0.29) is 41.3 Å². The molecule has 5 nitrogen and oxygen atoms in total. The summed E-state index contributed by atoms with van der Waals surface area (Å²) in [5.41, 5.74) is 2.33. The van der Waals surface area contributed by atoms with E-state index in [1.165, 1.54) is 12.1 Å². The first kappa shape index (κ1) is 18.7. The van der Waals surface area contributed by atoms with Crippen LogP contribution in [-0.2, 0) is 14.4 Å². The van der Waals surface area contributed by atoms with Crippen LogP contribution in [0.4, 0.5) is 10.1 Å². The Kier molecular flexibility index (Phi) is 4.31. The lowest BCUT2D eigenvalue weighted by atomic mass is 9.85. The van der Waals surface area contributed by atoms with Crippen molar-refractivity contribution in [2.24, 2.45) is 23.7 Å². The molecular weight excluding hydrogens is 383 g/mol. The second kappa shape index (κ2) is 6.90. The highest BCUT2D eigenvalue weighted by atomic mass is 19.1. The molecule has 3 aliphatic rings. The van der Waals surface area contributed by atoms with Gasteiger partial charge < -0.3 is 5.32 Å². The Hall–Kier alpha value is -3.28. The third-order valence-corrected chi connectivity index (χ3v) is 6.60. The molecule has 2 fully saturated rings. The lowest BCUT2D eigenvalue weighted by molar-refractivity contribution is -0.146. The summed E-state index contributed by atoms with van der Waals surface area (Å²) in [6.07, 6.45) is 4.93. The van der Waals surface area contributed by atoms with Gasteiger partial charge in [-0.3, -0.25) is 19.3 Å². The summed E-state index contributed by atoms with van der Waals surface area (Å²) in [6.45, 7) is 1.59. The number of benzene rings is 2. The van der Waals surface area contributed by atoms with Gasteiger partial charge in [-0.25, -0.2) is 4.39 Å². The fourth-order valence-corrected chi connectivity index (χ4v) is 5.06. The normalized spacial score (nSPS) is 27.5. The van der Waals surface area contributed by atoms with E-state index in [0.717, 1.165) is 22.4 Å².